The fourth-order valence-electron chi connectivity index (χ4n) is 2.45. The normalized spacial score (nSPS) is 11.0. The molecule has 122 valence electrons. The Morgan fingerprint density at radius 2 is 1.79 bits per heavy atom. The van der Waals surface area contributed by atoms with Gasteiger partial charge in [0.15, 0.2) is 11.6 Å². The van der Waals surface area contributed by atoms with Crippen LogP contribution in [0, 0.1) is 11.6 Å². The minimum atomic E-state index is -1.00. The number of hydrogen-bond acceptors (Lipinski definition) is 2. The molecule has 5 heteroatoms. The van der Waals surface area contributed by atoms with Gasteiger partial charge in [0.25, 0.3) is 5.91 Å². The van der Waals surface area contributed by atoms with Crippen LogP contribution in [0.3, 0.4) is 0 Å². The summed E-state index contributed by atoms with van der Waals surface area (Å²) < 4.78 is 26.3. The number of rotatable bonds is 3. The van der Waals surface area contributed by atoms with Gasteiger partial charge in [-0.1, -0.05) is 32.0 Å². The van der Waals surface area contributed by atoms with E-state index < -0.39 is 11.6 Å². The first-order valence-corrected chi connectivity index (χ1v) is 7.62. The standard InChI is InChI=1S/C19H16F2N2O/c1-11(2)18-10-14(13-5-3-4-6-17(13)23-18)19(24)22-12-7-8-15(20)16(21)9-12/h3-11H,1-2H3,(H,22,24). The average Bonchev–Trinajstić information content (AvgIpc) is 2.57. The quantitative estimate of drug-likeness (QED) is 0.744. The van der Waals surface area contributed by atoms with Gasteiger partial charge in [-0.2, -0.15) is 0 Å². The van der Waals surface area contributed by atoms with E-state index in [1.807, 2.05) is 38.1 Å². The molecule has 24 heavy (non-hydrogen) atoms. The van der Waals surface area contributed by atoms with Gasteiger partial charge in [0.1, 0.15) is 0 Å². The number of carbonyl (C=O) groups excluding carboxylic acids is 1. The molecule has 0 aliphatic carbocycles. The number of anilines is 1. The number of nitrogens with zero attached hydrogens (tertiary/aromatic N) is 1. The van der Waals surface area contributed by atoms with Gasteiger partial charge in [0.05, 0.1) is 11.1 Å². The molecule has 3 rings (SSSR count). The molecule has 0 spiro atoms. The lowest BCUT2D eigenvalue weighted by Crippen LogP contribution is -2.14. The summed E-state index contributed by atoms with van der Waals surface area (Å²) in [6.07, 6.45) is 0. The van der Waals surface area contributed by atoms with Crippen molar-refractivity contribution in [3.05, 3.63) is 71.4 Å². The number of benzene rings is 2. The number of nitrogens with one attached hydrogen (secondary N) is 1. The van der Waals surface area contributed by atoms with Crippen molar-refractivity contribution in [2.75, 3.05) is 5.32 Å². The number of pyridine rings is 1. The fraction of sp³-hybridized carbons (Fsp3) is 0.158. The zero-order valence-electron chi connectivity index (χ0n) is 13.3. The molecular weight excluding hydrogens is 310 g/mol. The molecule has 0 saturated carbocycles. The van der Waals surface area contributed by atoms with E-state index in [0.717, 1.165) is 23.3 Å². The predicted molar refractivity (Wildman–Crippen MR) is 90.1 cm³/mol. The van der Waals surface area contributed by atoms with Crippen LogP contribution >= 0.6 is 0 Å². The third kappa shape index (κ3) is 3.11. The second-order valence-corrected chi connectivity index (χ2v) is 5.85. The van der Waals surface area contributed by atoms with Crippen molar-refractivity contribution in [1.82, 2.24) is 4.98 Å². The highest BCUT2D eigenvalue weighted by Crippen LogP contribution is 2.23. The number of para-hydroxylation sites is 1. The maximum atomic E-state index is 13.3. The number of aromatic nitrogens is 1. The monoisotopic (exact) mass is 326 g/mol. The van der Waals surface area contributed by atoms with Crippen LogP contribution in [0.4, 0.5) is 14.5 Å². The maximum absolute atomic E-state index is 13.3. The lowest BCUT2D eigenvalue weighted by molar-refractivity contribution is 0.102. The topological polar surface area (TPSA) is 42.0 Å². The fourth-order valence-corrected chi connectivity index (χ4v) is 2.45. The minimum Gasteiger partial charge on any atom is -0.322 e. The van der Waals surface area contributed by atoms with Gasteiger partial charge >= 0.3 is 0 Å². The Bertz CT molecular complexity index is 922. The van der Waals surface area contributed by atoms with Crippen LogP contribution in [0.25, 0.3) is 10.9 Å². The average molecular weight is 326 g/mol. The number of halogens is 2. The van der Waals surface area contributed by atoms with E-state index in [9.17, 15) is 13.6 Å². The first-order valence-electron chi connectivity index (χ1n) is 7.62. The van der Waals surface area contributed by atoms with E-state index in [0.29, 0.717) is 10.9 Å². The summed E-state index contributed by atoms with van der Waals surface area (Å²) in [6.45, 7) is 3.99. The first-order chi connectivity index (χ1) is 11.5. The highest BCUT2D eigenvalue weighted by atomic mass is 19.2. The Kier molecular flexibility index (Phi) is 4.25. The van der Waals surface area contributed by atoms with Crippen molar-refractivity contribution < 1.29 is 13.6 Å². The molecule has 3 nitrogen and oxygen atoms in total. The second kappa shape index (κ2) is 6.35. The van der Waals surface area contributed by atoms with E-state index in [4.69, 9.17) is 0 Å². The molecule has 0 saturated heterocycles. The lowest BCUT2D eigenvalue weighted by atomic mass is 10.0. The summed E-state index contributed by atoms with van der Waals surface area (Å²) in [6, 6.07) is 12.3. The third-order valence-electron chi connectivity index (χ3n) is 3.75. The zero-order chi connectivity index (χ0) is 17.3. The molecule has 1 aromatic heterocycles. The minimum absolute atomic E-state index is 0.157. The number of fused-ring (bicyclic) bond motifs is 1. The van der Waals surface area contributed by atoms with Crippen molar-refractivity contribution in [3.63, 3.8) is 0 Å². The van der Waals surface area contributed by atoms with Crippen molar-refractivity contribution in [1.29, 1.82) is 0 Å². The zero-order valence-corrected chi connectivity index (χ0v) is 13.3. The van der Waals surface area contributed by atoms with Crippen LogP contribution in [0.1, 0.15) is 35.8 Å². The number of carbonyl (C=O) groups is 1. The number of amides is 1. The molecule has 0 bridgehead atoms. The molecule has 0 unspecified atom stereocenters. The van der Waals surface area contributed by atoms with Crippen LogP contribution in [0.5, 0.6) is 0 Å². The van der Waals surface area contributed by atoms with E-state index in [-0.39, 0.29) is 17.5 Å². The predicted octanol–water partition coefficient (Wildman–Crippen LogP) is 4.89. The van der Waals surface area contributed by atoms with Crippen LogP contribution in [-0.2, 0) is 0 Å². The summed E-state index contributed by atoms with van der Waals surface area (Å²) in [5, 5.41) is 3.32. The third-order valence-corrected chi connectivity index (χ3v) is 3.75. The van der Waals surface area contributed by atoms with E-state index in [1.54, 1.807) is 6.07 Å². The molecule has 3 aromatic rings. The van der Waals surface area contributed by atoms with Crippen molar-refractivity contribution in [3.8, 4) is 0 Å². The van der Waals surface area contributed by atoms with Gasteiger partial charge in [-0.05, 0) is 30.2 Å². The Balaban J connectivity index is 2.03. The summed E-state index contributed by atoms with van der Waals surface area (Å²) in [7, 11) is 0. The smallest absolute Gasteiger partial charge is 0.256 e. The second-order valence-electron chi connectivity index (χ2n) is 5.85. The summed E-state index contributed by atoms with van der Waals surface area (Å²) in [4.78, 5) is 17.2. The molecular formula is C19H16F2N2O. The number of hydrogen-bond donors (Lipinski definition) is 1. The van der Waals surface area contributed by atoms with Crippen LogP contribution in [0.15, 0.2) is 48.5 Å². The Hall–Kier alpha value is -2.82. The van der Waals surface area contributed by atoms with E-state index in [1.165, 1.54) is 6.07 Å². The van der Waals surface area contributed by atoms with Crippen LogP contribution in [0.2, 0.25) is 0 Å². The maximum Gasteiger partial charge on any atom is 0.256 e. The summed E-state index contributed by atoms with van der Waals surface area (Å²) >= 11 is 0. The largest absolute Gasteiger partial charge is 0.322 e. The van der Waals surface area contributed by atoms with Gasteiger partial charge in [0, 0.05) is 22.8 Å². The summed E-state index contributed by atoms with van der Waals surface area (Å²) in [5.74, 6) is -2.19. The molecule has 1 amide bonds. The Morgan fingerprint density at radius 1 is 1.04 bits per heavy atom. The molecule has 1 N–H and O–H groups in total. The molecule has 0 radical (unpaired) electrons. The highest BCUT2D eigenvalue weighted by Gasteiger charge is 2.15. The molecule has 1 heterocycles. The molecule has 0 aliphatic heterocycles. The van der Waals surface area contributed by atoms with Crippen molar-refractivity contribution in [2.24, 2.45) is 0 Å². The van der Waals surface area contributed by atoms with Gasteiger partial charge in [-0.3, -0.25) is 9.78 Å². The summed E-state index contributed by atoms with van der Waals surface area (Å²) in [5.41, 5.74) is 2.17. The first kappa shape index (κ1) is 16.1. The van der Waals surface area contributed by atoms with Gasteiger partial charge in [-0.15, -0.1) is 0 Å². The molecule has 0 aliphatic rings. The van der Waals surface area contributed by atoms with Gasteiger partial charge in [-0.25, -0.2) is 8.78 Å². The highest BCUT2D eigenvalue weighted by molar-refractivity contribution is 6.12. The lowest BCUT2D eigenvalue weighted by Gasteiger charge is -2.12. The van der Waals surface area contributed by atoms with Crippen LogP contribution < -0.4 is 5.32 Å². The Morgan fingerprint density at radius 3 is 2.50 bits per heavy atom. The van der Waals surface area contributed by atoms with Gasteiger partial charge in [0.2, 0.25) is 0 Å². The molecule has 0 fully saturated rings. The SMILES string of the molecule is CC(C)c1cc(C(=O)Nc2ccc(F)c(F)c2)c2ccccc2n1. The van der Waals surface area contributed by atoms with Gasteiger partial charge < -0.3 is 5.32 Å². The van der Waals surface area contributed by atoms with E-state index >= 15 is 0 Å². The molecule has 2 aromatic carbocycles. The van der Waals surface area contributed by atoms with E-state index in [2.05, 4.69) is 10.3 Å². The Labute approximate surface area is 138 Å². The molecule has 0 atom stereocenters. The van der Waals surface area contributed by atoms with Crippen molar-refractivity contribution >= 4 is 22.5 Å². The van der Waals surface area contributed by atoms with Crippen LogP contribution in [-0.4, -0.2) is 10.9 Å². The van der Waals surface area contributed by atoms with Crippen molar-refractivity contribution in [2.45, 2.75) is 19.8 Å².